The maximum atomic E-state index is 12.5. The van der Waals surface area contributed by atoms with E-state index in [0.717, 1.165) is 16.4 Å². The number of aromatic nitrogens is 3. The first-order valence-corrected chi connectivity index (χ1v) is 10.8. The number of oxazole rings is 1. The summed E-state index contributed by atoms with van der Waals surface area (Å²) < 4.78 is 34.0. The van der Waals surface area contributed by atoms with Crippen LogP contribution in [0.4, 0.5) is 0 Å². The van der Waals surface area contributed by atoms with E-state index in [2.05, 4.69) is 14.7 Å². The van der Waals surface area contributed by atoms with Gasteiger partial charge in [0.2, 0.25) is 10.0 Å². The molecule has 0 atom stereocenters. The number of benzene rings is 1. The predicted octanol–water partition coefficient (Wildman–Crippen LogP) is 2.17. The maximum Gasteiger partial charge on any atom is 0.419 e. The minimum atomic E-state index is -3.73. The first kappa shape index (κ1) is 18.5. The molecule has 0 unspecified atom stereocenters. The molecule has 0 radical (unpaired) electrons. The van der Waals surface area contributed by atoms with Crippen molar-refractivity contribution in [1.29, 1.82) is 0 Å². The van der Waals surface area contributed by atoms with Gasteiger partial charge in [-0.05, 0) is 24.3 Å². The van der Waals surface area contributed by atoms with E-state index in [9.17, 15) is 13.2 Å². The van der Waals surface area contributed by atoms with Crippen molar-refractivity contribution in [2.45, 2.75) is 11.3 Å². The summed E-state index contributed by atoms with van der Waals surface area (Å²) in [6, 6.07) is 9.95. The molecule has 0 spiro atoms. The minimum absolute atomic E-state index is 0.0433. The van der Waals surface area contributed by atoms with Gasteiger partial charge in [-0.3, -0.25) is 9.55 Å². The first-order valence-electron chi connectivity index (χ1n) is 8.39. The highest BCUT2D eigenvalue weighted by atomic mass is 32.2. The van der Waals surface area contributed by atoms with Crippen LogP contribution in [0.2, 0.25) is 0 Å². The molecule has 1 N–H and O–H groups in total. The van der Waals surface area contributed by atoms with E-state index in [0.29, 0.717) is 11.9 Å². The lowest BCUT2D eigenvalue weighted by Gasteiger charge is -2.06. The van der Waals surface area contributed by atoms with Crippen LogP contribution in [0.1, 0.15) is 5.69 Å². The van der Waals surface area contributed by atoms with Crippen LogP contribution >= 0.6 is 11.3 Å². The average Bonchev–Trinajstić information content (AvgIpc) is 3.27. The molecule has 0 fully saturated rings. The molecule has 10 heteroatoms. The van der Waals surface area contributed by atoms with Crippen molar-refractivity contribution < 1.29 is 12.8 Å². The van der Waals surface area contributed by atoms with Crippen molar-refractivity contribution in [2.75, 3.05) is 6.54 Å². The number of nitrogens with one attached hydrogen (secondary N) is 1. The Kier molecular flexibility index (Phi) is 4.84. The summed E-state index contributed by atoms with van der Waals surface area (Å²) in [5.74, 6) is -0.537. The molecular formula is C18H16N4O4S2. The van der Waals surface area contributed by atoms with E-state index < -0.39 is 15.8 Å². The van der Waals surface area contributed by atoms with Crippen molar-refractivity contribution in [3.8, 4) is 10.7 Å². The molecule has 0 saturated heterocycles. The fraction of sp³-hybridized carbons (Fsp3) is 0.167. The minimum Gasteiger partial charge on any atom is -0.408 e. The topological polar surface area (TPSA) is 107 Å². The van der Waals surface area contributed by atoms with E-state index in [-0.39, 0.29) is 17.0 Å². The fourth-order valence-corrected chi connectivity index (χ4v) is 4.58. The second kappa shape index (κ2) is 7.30. The lowest BCUT2D eigenvalue weighted by atomic mass is 10.3. The summed E-state index contributed by atoms with van der Waals surface area (Å²) in [5, 5.41) is 2.69. The number of hydrogen-bond donors (Lipinski definition) is 1. The highest BCUT2D eigenvalue weighted by molar-refractivity contribution is 7.89. The Morgan fingerprint density at radius 3 is 2.89 bits per heavy atom. The van der Waals surface area contributed by atoms with Crippen molar-refractivity contribution in [1.82, 2.24) is 19.3 Å². The smallest absolute Gasteiger partial charge is 0.408 e. The van der Waals surface area contributed by atoms with E-state index in [1.807, 2.05) is 23.6 Å². The molecule has 3 heterocycles. The zero-order valence-corrected chi connectivity index (χ0v) is 16.5. The Bertz CT molecular complexity index is 1290. The second-order valence-electron chi connectivity index (χ2n) is 6.06. The van der Waals surface area contributed by atoms with Crippen molar-refractivity contribution in [2.24, 2.45) is 7.05 Å². The van der Waals surface area contributed by atoms with E-state index in [4.69, 9.17) is 4.42 Å². The molecule has 4 aromatic rings. The van der Waals surface area contributed by atoms with Crippen LogP contribution in [-0.4, -0.2) is 29.5 Å². The normalized spacial score (nSPS) is 11.9. The number of nitrogens with zero attached hydrogens (tertiary/aromatic N) is 3. The zero-order valence-electron chi connectivity index (χ0n) is 14.8. The van der Waals surface area contributed by atoms with Gasteiger partial charge in [-0.2, -0.15) is 0 Å². The standard InChI is InChI=1S/C18H16N4O4S2/c1-22-15-6-5-13(10-16(15)26-18(22)23)28(24,25)20-9-7-12-11-27-17(21-12)14-4-2-3-8-19-14/h2-6,8,10-11,20H,7,9H2,1H3. The van der Waals surface area contributed by atoms with Gasteiger partial charge in [0.25, 0.3) is 0 Å². The molecule has 8 nitrogen and oxygen atoms in total. The molecule has 0 saturated carbocycles. The molecule has 0 aliphatic carbocycles. The van der Waals surface area contributed by atoms with Crippen LogP contribution in [0, 0.1) is 0 Å². The third-order valence-corrected chi connectivity index (χ3v) is 6.56. The predicted molar refractivity (Wildman–Crippen MR) is 106 cm³/mol. The number of pyridine rings is 1. The first-order chi connectivity index (χ1) is 13.4. The number of hydrogen-bond acceptors (Lipinski definition) is 7. The summed E-state index contributed by atoms with van der Waals surface area (Å²) in [6.07, 6.45) is 2.15. The fourth-order valence-electron chi connectivity index (χ4n) is 2.71. The van der Waals surface area contributed by atoms with Gasteiger partial charge >= 0.3 is 5.76 Å². The molecular weight excluding hydrogens is 400 g/mol. The molecule has 1 aromatic carbocycles. The van der Waals surface area contributed by atoms with Gasteiger partial charge in [-0.15, -0.1) is 11.3 Å². The third-order valence-electron chi connectivity index (χ3n) is 4.18. The van der Waals surface area contributed by atoms with Crippen LogP contribution in [0.25, 0.3) is 21.8 Å². The quantitative estimate of drug-likeness (QED) is 0.516. The highest BCUT2D eigenvalue weighted by Crippen LogP contribution is 2.22. The van der Waals surface area contributed by atoms with E-state index in [1.165, 1.54) is 28.0 Å². The van der Waals surface area contributed by atoms with Crippen LogP contribution in [-0.2, 0) is 23.5 Å². The van der Waals surface area contributed by atoms with Crippen LogP contribution in [0.5, 0.6) is 0 Å². The van der Waals surface area contributed by atoms with Crippen LogP contribution < -0.4 is 10.5 Å². The second-order valence-corrected chi connectivity index (χ2v) is 8.69. The van der Waals surface area contributed by atoms with Crippen molar-refractivity contribution >= 4 is 32.5 Å². The van der Waals surface area contributed by atoms with E-state index >= 15 is 0 Å². The van der Waals surface area contributed by atoms with Gasteiger partial charge in [-0.25, -0.2) is 22.9 Å². The average molecular weight is 416 g/mol. The number of fused-ring (bicyclic) bond motifs is 1. The SMILES string of the molecule is Cn1c(=O)oc2cc(S(=O)(=O)NCCc3csc(-c4ccccn4)n3)ccc21. The Morgan fingerprint density at radius 1 is 1.25 bits per heavy atom. The highest BCUT2D eigenvalue weighted by Gasteiger charge is 2.17. The van der Waals surface area contributed by atoms with Gasteiger partial charge in [-0.1, -0.05) is 6.07 Å². The van der Waals surface area contributed by atoms with Gasteiger partial charge in [0.15, 0.2) is 5.58 Å². The van der Waals surface area contributed by atoms with Gasteiger partial charge in [0.1, 0.15) is 5.01 Å². The summed E-state index contributed by atoms with van der Waals surface area (Å²) in [4.78, 5) is 20.3. The zero-order chi connectivity index (χ0) is 19.7. The van der Waals surface area contributed by atoms with Gasteiger partial charge in [0.05, 0.1) is 21.8 Å². The molecule has 4 rings (SSSR count). The van der Waals surface area contributed by atoms with Crippen LogP contribution in [0.3, 0.4) is 0 Å². The lowest BCUT2D eigenvalue weighted by molar-refractivity contribution is 0.527. The number of thiazole rings is 1. The number of rotatable bonds is 6. The molecule has 0 aliphatic heterocycles. The molecule has 0 aliphatic rings. The molecule has 144 valence electrons. The van der Waals surface area contributed by atoms with Gasteiger partial charge < -0.3 is 4.42 Å². The molecule has 0 amide bonds. The summed E-state index contributed by atoms with van der Waals surface area (Å²) in [7, 11) is -2.17. The summed E-state index contributed by atoms with van der Waals surface area (Å²) in [6.45, 7) is 0.199. The van der Waals surface area contributed by atoms with Crippen LogP contribution in [0.15, 0.2) is 62.1 Å². The largest absolute Gasteiger partial charge is 0.419 e. The van der Waals surface area contributed by atoms with E-state index in [1.54, 1.807) is 19.3 Å². The molecule has 3 aromatic heterocycles. The lowest BCUT2D eigenvalue weighted by Crippen LogP contribution is -2.26. The van der Waals surface area contributed by atoms with Gasteiger partial charge in [0, 0.05) is 37.7 Å². The Labute approximate surface area is 164 Å². The Hall–Kier alpha value is -2.82. The summed E-state index contributed by atoms with van der Waals surface area (Å²) >= 11 is 1.47. The monoisotopic (exact) mass is 416 g/mol. The van der Waals surface area contributed by atoms with Crippen molar-refractivity contribution in [3.63, 3.8) is 0 Å². The Morgan fingerprint density at radius 2 is 2.11 bits per heavy atom. The van der Waals surface area contributed by atoms with Crippen molar-refractivity contribution in [3.05, 3.63) is 64.2 Å². The number of aryl methyl sites for hydroxylation is 1. The molecule has 0 bridgehead atoms. The molecule has 28 heavy (non-hydrogen) atoms. The Balaban J connectivity index is 1.44. The summed E-state index contributed by atoms with van der Waals surface area (Å²) in [5.41, 5.74) is 2.35. The maximum absolute atomic E-state index is 12.5. The number of sulfonamides is 1. The third kappa shape index (κ3) is 3.61.